The third-order valence-corrected chi connectivity index (χ3v) is 8.13. The number of aliphatic imine (C=N–C) groups is 1. The molecule has 5 nitrogen and oxygen atoms in total. The zero-order valence-corrected chi connectivity index (χ0v) is 23.4. The average Bonchev–Trinajstić information content (AvgIpc) is 3.83. The second-order valence-corrected chi connectivity index (χ2v) is 11.0. The van der Waals surface area contributed by atoms with Crippen molar-refractivity contribution >= 4 is 34.6 Å². The van der Waals surface area contributed by atoms with Gasteiger partial charge >= 0.3 is 0 Å². The van der Waals surface area contributed by atoms with Crippen molar-refractivity contribution in [1.29, 1.82) is 0 Å². The Labute approximate surface area is 249 Å². The summed E-state index contributed by atoms with van der Waals surface area (Å²) in [5.41, 5.74) is 17.5. The highest BCUT2D eigenvalue weighted by molar-refractivity contribution is 6.15. The van der Waals surface area contributed by atoms with E-state index in [-0.39, 0.29) is 0 Å². The monoisotopic (exact) mass is 555 g/mol. The van der Waals surface area contributed by atoms with Crippen LogP contribution in [0.1, 0.15) is 28.1 Å². The molecule has 2 aromatic heterocycles. The third-order valence-electron chi connectivity index (χ3n) is 8.13. The molecule has 0 aliphatic carbocycles. The summed E-state index contributed by atoms with van der Waals surface area (Å²) in [6.45, 7) is 0. The van der Waals surface area contributed by atoms with Gasteiger partial charge in [-0.1, -0.05) is 91.0 Å². The first-order valence-corrected chi connectivity index (χ1v) is 14.4. The fraction of sp³-hybridized carbons (Fsp3) is 0.0263. The molecule has 3 aliphatic rings. The van der Waals surface area contributed by atoms with Crippen LogP contribution in [0.2, 0.25) is 0 Å². The van der Waals surface area contributed by atoms with E-state index in [1.165, 1.54) is 0 Å². The van der Waals surface area contributed by atoms with E-state index in [9.17, 15) is 0 Å². The lowest BCUT2D eigenvalue weighted by Gasteiger charge is -2.32. The molecule has 0 fully saturated rings. The van der Waals surface area contributed by atoms with Crippen LogP contribution < -0.4 is 21.7 Å². The summed E-state index contributed by atoms with van der Waals surface area (Å²) >= 11 is 0. The number of nitrogens with two attached hydrogens (primary N) is 1. The molecule has 1 atom stereocenters. The minimum absolute atomic E-state index is 0.854. The summed E-state index contributed by atoms with van der Waals surface area (Å²) in [6, 6.07) is 39.7. The minimum Gasteiger partial charge on any atom is -0.359 e. The molecule has 3 aliphatic heterocycles. The number of fused-ring (bicyclic) bond motifs is 7. The van der Waals surface area contributed by atoms with Gasteiger partial charge in [-0.3, -0.25) is 0 Å². The molecule has 5 heteroatoms. The highest BCUT2D eigenvalue weighted by Crippen LogP contribution is 2.47. The summed E-state index contributed by atoms with van der Waals surface area (Å²) in [7, 11) is 0. The van der Waals surface area contributed by atoms with Gasteiger partial charge in [0.05, 0.1) is 11.4 Å². The van der Waals surface area contributed by atoms with Crippen LogP contribution in [0.25, 0.3) is 28.9 Å². The second-order valence-electron chi connectivity index (χ2n) is 11.0. The molecular formula is C38H29N5. The molecule has 0 amide bonds. The first-order valence-electron chi connectivity index (χ1n) is 14.4. The smallest absolute Gasteiger partial charge is 0.142 e. The molecule has 43 heavy (non-hydrogen) atoms. The molecule has 1 unspecified atom stereocenters. The van der Waals surface area contributed by atoms with Gasteiger partial charge in [0, 0.05) is 44.5 Å². The molecular weight excluding hydrogens is 526 g/mol. The van der Waals surface area contributed by atoms with Crippen LogP contribution in [0.3, 0.4) is 0 Å². The first kappa shape index (κ1) is 25.1. The Morgan fingerprint density at radius 2 is 1.19 bits per heavy atom. The fourth-order valence-electron chi connectivity index (χ4n) is 6.32. The van der Waals surface area contributed by atoms with Gasteiger partial charge < -0.3 is 21.0 Å². The van der Waals surface area contributed by atoms with Gasteiger partial charge in [-0.2, -0.15) is 0 Å². The maximum atomic E-state index is 7.77. The van der Waals surface area contributed by atoms with Crippen molar-refractivity contribution in [2.24, 2.45) is 10.7 Å². The zero-order chi connectivity index (χ0) is 28.8. The van der Waals surface area contributed by atoms with Gasteiger partial charge in [-0.05, 0) is 71.3 Å². The maximum absolute atomic E-state index is 7.77. The van der Waals surface area contributed by atoms with E-state index >= 15 is 0 Å². The number of rotatable bonds is 3. The van der Waals surface area contributed by atoms with Crippen LogP contribution in [-0.4, -0.2) is 21.3 Å². The Morgan fingerprint density at radius 1 is 0.558 bits per heavy atom. The molecule has 0 spiro atoms. The summed E-state index contributed by atoms with van der Waals surface area (Å²) in [4.78, 5) is 12.1. The van der Waals surface area contributed by atoms with Crippen molar-refractivity contribution in [3.05, 3.63) is 184 Å². The largest absolute Gasteiger partial charge is 0.359 e. The van der Waals surface area contributed by atoms with Crippen LogP contribution >= 0.6 is 0 Å². The number of benzene rings is 3. The van der Waals surface area contributed by atoms with E-state index in [4.69, 9.17) is 10.7 Å². The molecule has 8 bridgehead atoms. The van der Waals surface area contributed by atoms with Crippen molar-refractivity contribution in [2.75, 3.05) is 0 Å². The van der Waals surface area contributed by atoms with Gasteiger partial charge in [-0.15, -0.1) is 0 Å². The molecule has 0 saturated carbocycles. The molecule has 3 aromatic carbocycles. The van der Waals surface area contributed by atoms with Crippen molar-refractivity contribution in [1.82, 2.24) is 15.3 Å². The van der Waals surface area contributed by atoms with Crippen molar-refractivity contribution in [3.8, 4) is 0 Å². The number of aromatic amines is 2. The zero-order valence-electron chi connectivity index (χ0n) is 23.4. The highest BCUT2D eigenvalue weighted by Gasteiger charge is 2.45. The van der Waals surface area contributed by atoms with Crippen molar-refractivity contribution < 1.29 is 0 Å². The van der Waals surface area contributed by atoms with Gasteiger partial charge in [0.15, 0.2) is 0 Å². The first-order chi connectivity index (χ1) is 21.1. The standard InChI is InChI=1S/C38H29N5/c39-38-36(26-12-6-2-7-13-26)33-21-20-31(42-33)23-30-17-16-28(40-30)22-29-18-19-32(41-29)24-34(43-38)35(25-10-4-1-5-11-25)37(38)27-14-8-3-9-15-27/h1-24,40,42-43H,39H2/b29-22-,31-23-,34-24-,36-33?. The minimum atomic E-state index is -1.10. The normalized spacial score (nSPS) is 22.2. The summed E-state index contributed by atoms with van der Waals surface area (Å²) in [5.74, 6) is 0. The van der Waals surface area contributed by atoms with E-state index < -0.39 is 5.66 Å². The highest BCUT2D eigenvalue weighted by atomic mass is 15.1. The number of hydrogen-bond acceptors (Lipinski definition) is 3. The molecule has 5 heterocycles. The Balaban J connectivity index is 1.52. The predicted octanol–water partition coefficient (Wildman–Crippen LogP) is 5.49. The van der Waals surface area contributed by atoms with Crippen LogP contribution in [-0.2, 0) is 0 Å². The maximum Gasteiger partial charge on any atom is 0.142 e. The lowest BCUT2D eigenvalue weighted by molar-refractivity contribution is 0.625. The van der Waals surface area contributed by atoms with Crippen LogP contribution in [0.4, 0.5) is 0 Å². The lowest BCUT2D eigenvalue weighted by atomic mass is 9.82. The van der Waals surface area contributed by atoms with Gasteiger partial charge in [0.1, 0.15) is 5.66 Å². The van der Waals surface area contributed by atoms with E-state index in [1.54, 1.807) is 0 Å². The molecule has 206 valence electrons. The number of aromatic nitrogens is 2. The van der Waals surface area contributed by atoms with Crippen LogP contribution in [0.15, 0.2) is 150 Å². The average molecular weight is 556 g/mol. The van der Waals surface area contributed by atoms with E-state index in [0.29, 0.717) is 0 Å². The summed E-state index contributed by atoms with van der Waals surface area (Å²) in [5, 5.41) is 5.75. The predicted molar refractivity (Wildman–Crippen MR) is 176 cm³/mol. The van der Waals surface area contributed by atoms with E-state index in [0.717, 1.165) is 72.6 Å². The topological polar surface area (TPSA) is 82.0 Å². The second kappa shape index (κ2) is 10.0. The van der Waals surface area contributed by atoms with Crippen molar-refractivity contribution in [2.45, 2.75) is 5.66 Å². The molecule has 5 N–H and O–H groups in total. The van der Waals surface area contributed by atoms with Gasteiger partial charge in [0.2, 0.25) is 0 Å². The SMILES string of the molecule is NC12N/C(=C\C3=NC(=C\c4ccc([nH]4)/C=c4/ccc([nH]4)=C1c1ccccc1)/C=C3)C(c1ccccc1)=C2c1ccccc1. The molecule has 5 aromatic rings. The Kier molecular flexibility index (Phi) is 5.84. The molecule has 8 rings (SSSR count). The number of nitrogens with one attached hydrogen (secondary N) is 3. The number of allylic oxidation sites excluding steroid dienone is 4. The molecule has 0 saturated heterocycles. The van der Waals surface area contributed by atoms with Crippen LogP contribution in [0, 0.1) is 0 Å². The number of nitrogens with zero attached hydrogens (tertiary/aromatic N) is 1. The summed E-state index contributed by atoms with van der Waals surface area (Å²) in [6.07, 6.45) is 10.4. The van der Waals surface area contributed by atoms with E-state index in [2.05, 4.69) is 137 Å². The number of H-pyrrole nitrogens is 2. The molecule has 0 radical (unpaired) electrons. The number of hydrogen-bond donors (Lipinski definition) is 4. The lowest BCUT2D eigenvalue weighted by Crippen LogP contribution is -2.53. The fourth-order valence-corrected chi connectivity index (χ4v) is 6.32. The van der Waals surface area contributed by atoms with Crippen LogP contribution in [0.5, 0.6) is 0 Å². The Hall–Kier alpha value is -5.65. The Bertz CT molecular complexity index is 2140. The Morgan fingerprint density at radius 3 is 1.88 bits per heavy atom. The van der Waals surface area contributed by atoms with E-state index in [1.807, 2.05) is 24.3 Å². The third kappa shape index (κ3) is 4.43. The van der Waals surface area contributed by atoms with Crippen molar-refractivity contribution in [3.63, 3.8) is 0 Å². The van der Waals surface area contributed by atoms with Gasteiger partial charge in [-0.25, -0.2) is 4.99 Å². The van der Waals surface area contributed by atoms with Gasteiger partial charge in [0.25, 0.3) is 0 Å². The summed E-state index contributed by atoms with van der Waals surface area (Å²) < 4.78 is 0. The quantitative estimate of drug-likeness (QED) is 0.238.